The summed E-state index contributed by atoms with van der Waals surface area (Å²) in [5.74, 6) is -0.0382. The minimum absolute atomic E-state index is 0.0561. The fourth-order valence-electron chi connectivity index (χ4n) is 1.84. The first-order valence-corrected chi connectivity index (χ1v) is 9.73. The Morgan fingerprint density at radius 3 is 2.33 bits per heavy atom. The van der Waals surface area contributed by atoms with Gasteiger partial charge in [-0.25, -0.2) is 12.8 Å². The van der Waals surface area contributed by atoms with Gasteiger partial charge in [0, 0.05) is 10.5 Å². The van der Waals surface area contributed by atoms with Crippen molar-refractivity contribution in [1.82, 2.24) is 0 Å². The molecule has 5 nitrogen and oxygen atoms in total. The quantitative estimate of drug-likeness (QED) is 0.469. The summed E-state index contributed by atoms with van der Waals surface area (Å²) in [7, 11) is -1.13. The number of ether oxygens (including phenoxy) is 2. The fourth-order valence-corrected chi connectivity index (χ4v) is 4.62. The molecule has 0 saturated carbocycles. The Balaban J connectivity index is 2.49. The van der Waals surface area contributed by atoms with Gasteiger partial charge in [0.05, 0.1) is 34.3 Å². The molecule has 0 amide bonds. The summed E-state index contributed by atoms with van der Waals surface area (Å²) in [5.41, 5.74) is 0.0798. The lowest BCUT2D eigenvalue weighted by Gasteiger charge is -2.14. The third-order valence-electron chi connectivity index (χ3n) is 3.02. The maximum Gasteiger partial charge on any atom is 0.262 e. The van der Waals surface area contributed by atoms with Gasteiger partial charge >= 0.3 is 0 Å². The second kappa shape index (κ2) is 7.47. The summed E-state index contributed by atoms with van der Waals surface area (Å²) in [4.78, 5) is -0.0561. The zero-order valence-electron chi connectivity index (χ0n) is 12.4. The molecule has 10 heteroatoms. The molecule has 2 rings (SSSR count). The van der Waals surface area contributed by atoms with E-state index in [1.54, 1.807) is 0 Å². The lowest BCUT2D eigenvalue weighted by atomic mass is 10.3. The molecular weight excluding hydrogens is 492 g/mol. The van der Waals surface area contributed by atoms with Crippen molar-refractivity contribution in [2.75, 3.05) is 18.9 Å². The Morgan fingerprint density at radius 1 is 1.12 bits per heavy atom. The molecule has 2 aromatic carbocycles. The van der Waals surface area contributed by atoms with Gasteiger partial charge in [0.1, 0.15) is 5.82 Å². The van der Waals surface area contributed by atoms with E-state index >= 15 is 0 Å². The number of anilines is 1. The third-order valence-corrected chi connectivity index (χ3v) is 6.38. The first kappa shape index (κ1) is 19.3. The molecule has 0 bridgehead atoms. The number of hydrogen-bond donors (Lipinski definition) is 1. The Hall–Kier alpha value is -1.03. The second-order valence-corrected chi connectivity index (χ2v) is 8.17. The van der Waals surface area contributed by atoms with Crippen LogP contribution in [0.2, 0.25) is 5.02 Å². The molecule has 0 spiro atoms. The van der Waals surface area contributed by atoms with E-state index in [4.69, 9.17) is 21.1 Å². The van der Waals surface area contributed by atoms with Gasteiger partial charge in [-0.2, -0.15) is 0 Å². The van der Waals surface area contributed by atoms with Gasteiger partial charge in [-0.05, 0) is 50.1 Å². The van der Waals surface area contributed by atoms with Gasteiger partial charge in [0.2, 0.25) is 0 Å². The van der Waals surface area contributed by atoms with Crippen molar-refractivity contribution in [3.05, 3.63) is 44.1 Å². The van der Waals surface area contributed by atoms with Crippen LogP contribution < -0.4 is 14.2 Å². The largest absolute Gasteiger partial charge is 0.493 e. The van der Waals surface area contributed by atoms with Gasteiger partial charge in [0.25, 0.3) is 10.0 Å². The van der Waals surface area contributed by atoms with Crippen LogP contribution in [0.4, 0.5) is 10.1 Å². The number of sulfonamides is 1. The number of rotatable bonds is 5. The van der Waals surface area contributed by atoms with Gasteiger partial charge in [0.15, 0.2) is 11.5 Å². The summed E-state index contributed by atoms with van der Waals surface area (Å²) in [6, 6.07) is 5.21. The molecule has 0 atom stereocenters. The zero-order valence-corrected chi connectivity index (χ0v) is 17.1. The van der Waals surface area contributed by atoms with Crippen molar-refractivity contribution >= 4 is 59.2 Å². The molecule has 0 aliphatic rings. The van der Waals surface area contributed by atoms with Crippen LogP contribution in [0.25, 0.3) is 0 Å². The summed E-state index contributed by atoms with van der Waals surface area (Å²) >= 11 is 12.0. The molecule has 0 aliphatic heterocycles. The number of benzene rings is 2. The smallest absolute Gasteiger partial charge is 0.262 e. The Bertz CT molecular complexity index is 893. The van der Waals surface area contributed by atoms with Crippen LogP contribution in [0, 0.1) is 5.82 Å². The van der Waals surface area contributed by atoms with E-state index in [0.29, 0.717) is 5.75 Å². The van der Waals surface area contributed by atoms with E-state index in [1.165, 1.54) is 32.4 Å². The molecule has 24 heavy (non-hydrogen) atoms. The highest BCUT2D eigenvalue weighted by Crippen LogP contribution is 2.40. The Morgan fingerprint density at radius 2 is 1.75 bits per heavy atom. The maximum absolute atomic E-state index is 13.6. The molecule has 0 aliphatic carbocycles. The molecule has 0 fully saturated rings. The SMILES string of the molecule is COc1ccc(S(=O)(=O)Nc2c(Br)cc(F)c(Cl)c2Br)cc1OC. The number of halogens is 4. The zero-order chi connectivity index (χ0) is 18.1. The highest BCUT2D eigenvalue weighted by Gasteiger charge is 2.22. The number of hydrogen-bond acceptors (Lipinski definition) is 4. The predicted molar refractivity (Wildman–Crippen MR) is 97.2 cm³/mol. The van der Waals surface area contributed by atoms with Gasteiger partial charge in [-0.1, -0.05) is 11.6 Å². The van der Waals surface area contributed by atoms with Crippen molar-refractivity contribution in [2.45, 2.75) is 4.90 Å². The topological polar surface area (TPSA) is 64.6 Å². The van der Waals surface area contributed by atoms with E-state index in [2.05, 4.69) is 36.6 Å². The number of nitrogens with one attached hydrogen (secondary N) is 1. The summed E-state index contributed by atoms with van der Waals surface area (Å²) in [5, 5.41) is -0.233. The summed E-state index contributed by atoms with van der Waals surface area (Å²) in [6.45, 7) is 0. The monoisotopic (exact) mass is 501 g/mol. The molecule has 0 radical (unpaired) electrons. The van der Waals surface area contributed by atoms with Crippen LogP contribution in [-0.4, -0.2) is 22.6 Å². The summed E-state index contributed by atoms with van der Waals surface area (Å²) in [6.07, 6.45) is 0. The molecule has 0 aromatic heterocycles. The third kappa shape index (κ3) is 3.79. The van der Waals surface area contributed by atoms with Crippen molar-refractivity contribution in [2.24, 2.45) is 0 Å². The van der Waals surface area contributed by atoms with Gasteiger partial charge in [-0.3, -0.25) is 4.72 Å². The molecule has 0 saturated heterocycles. The van der Waals surface area contributed by atoms with E-state index in [-0.39, 0.29) is 30.3 Å². The van der Waals surface area contributed by atoms with Crippen LogP contribution in [-0.2, 0) is 10.0 Å². The first-order chi connectivity index (χ1) is 11.2. The molecule has 0 unspecified atom stereocenters. The molecule has 1 N–H and O–H groups in total. The lowest BCUT2D eigenvalue weighted by Crippen LogP contribution is -2.14. The van der Waals surface area contributed by atoms with E-state index in [1.807, 2.05) is 0 Å². The molecule has 2 aromatic rings. The highest BCUT2D eigenvalue weighted by molar-refractivity contribution is 9.11. The lowest BCUT2D eigenvalue weighted by molar-refractivity contribution is 0.354. The number of methoxy groups -OCH3 is 2. The maximum atomic E-state index is 13.6. The van der Waals surface area contributed by atoms with Crippen LogP contribution in [0.1, 0.15) is 0 Å². The average Bonchev–Trinajstić information content (AvgIpc) is 2.56. The van der Waals surface area contributed by atoms with Crippen LogP contribution in [0.15, 0.2) is 38.1 Å². The van der Waals surface area contributed by atoms with E-state index in [9.17, 15) is 12.8 Å². The average molecular weight is 504 g/mol. The minimum atomic E-state index is -3.97. The standard InChI is InChI=1S/C14H11Br2ClFNO4S/c1-22-10-4-3-7(5-11(10)23-2)24(20,21)19-14-8(15)6-9(18)13(17)12(14)16/h3-6,19H,1-2H3. The van der Waals surface area contributed by atoms with E-state index in [0.717, 1.165) is 6.07 Å². The van der Waals surface area contributed by atoms with Crippen LogP contribution in [0.3, 0.4) is 0 Å². The van der Waals surface area contributed by atoms with Crippen molar-refractivity contribution < 1.29 is 22.3 Å². The summed E-state index contributed by atoms with van der Waals surface area (Å²) < 4.78 is 51.5. The van der Waals surface area contributed by atoms with Gasteiger partial charge < -0.3 is 9.47 Å². The van der Waals surface area contributed by atoms with Gasteiger partial charge in [-0.15, -0.1) is 0 Å². The Kier molecular flexibility index (Phi) is 6.00. The first-order valence-electron chi connectivity index (χ1n) is 6.29. The highest BCUT2D eigenvalue weighted by atomic mass is 79.9. The van der Waals surface area contributed by atoms with Crippen LogP contribution >= 0.6 is 43.5 Å². The molecular formula is C14H11Br2ClFNO4S. The van der Waals surface area contributed by atoms with Crippen molar-refractivity contribution in [1.29, 1.82) is 0 Å². The molecule has 0 heterocycles. The Labute approximate surface area is 160 Å². The molecule has 130 valence electrons. The fraction of sp³-hybridized carbons (Fsp3) is 0.143. The van der Waals surface area contributed by atoms with Crippen molar-refractivity contribution in [3.8, 4) is 11.5 Å². The minimum Gasteiger partial charge on any atom is -0.493 e. The van der Waals surface area contributed by atoms with Crippen molar-refractivity contribution in [3.63, 3.8) is 0 Å². The normalized spacial score (nSPS) is 11.2. The van der Waals surface area contributed by atoms with E-state index < -0.39 is 15.8 Å². The second-order valence-electron chi connectivity index (χ2n) is 4.47. The predicted octanol–water partition coefficient (Wildman–Crippen LogP) is 4.82. The van der Waals surface area contributed by atoms with Crippen LogP contribution in [0.5, 0.6) is 11.5 Å².